The number of imidazole rings is 1. The Kier molecular flexibility index (Phi) is 42.3. The standard InChI is InChI=1S/C17H22N4O5S2.C10H16N4O4.C6H14N4O2.2C6H13NO2.C2H5NO2/c18-11(5-9-6-21-14-4-2-1-3-10(9)14)16(24)26-17(25)13(20)8-28-27-7-12(19)15(22)23;1-5(8(12)9(15)16)18-10(17)7(11)2-6-3-13-4-14-6;7-4(5(11)12)2-1-3-10-6(8)9;1-4(2)3-5(7)6(8)9;1-3-4(2)5(7)6(8)9;3-1-2(4)5/h1-4,6,11-13,21H,5,7-8,18-20H2,(H,22,23);3-5,7-8H,2,11-12H2,1H3,(H,13,14)(H,15,16);4H,1-3,7H2,(H,11,12)(H4,8,9,10);2*4-5H,3,7H2,1-2H3,(H,8,9);1,3H2,(H,4,5)/t11-,12?,13-;5-,7+,8+;4-;5-;4-,5-;/m01000./s1. The molecule has 10 atom stereocenters. The predicted octanol–water partition coefficient (Wildman–Crippen LogP) is -2.78. The van der Waals surface area contributed by atoms with E-state index >= 15 is 0 Å². The van der Waals surface area contributed by atoms with Crippen LogP contribution in [0.25, 0.3) is 10.9 Å². The Hall–Kier alpha value is -6.99. The van der Waals surface area contributed by atoms with Crippen LogP contribution in [0.1, 0.15) is 71.6 Å². The zero-order valence-electron chi connectivity index (χ0n) is 45.7. The van der Waals surface area contributed by atoms with E-state index < -0.39 is 108 Å². The fourth-order valence-corrected chi connectivity index (χ4v) is 7.48. The van der Waals surface area contributed by atoms with Crippen molar-refractivity contribution in [2.24, 2.45) is 79.9 Å². The summed E-state index contributed by atoms with van der Waals surface area (Å²) < 4.78 is 9.65. The molecule has 0 fully saturated rings. The van der Waals surface area contributed by atoms with Crippen LogP contribution in [0, 0.1) is 11.8 Å². The van der Waals surface area contributed by atoms with Gasteiger partial charge in [-0.2, -0.15) is 0 Å². The summed E-state index contributed by atoms with van der Waals surface area (Å²) in [5, 5.41) is 50.9. The van der Waals surface area contributed by atoms with Gasteiger partial charge in [0, 0.05) is 59.9 Å². The minimum Gasteiger partial charge on any atom is -0.480 e. The van der Waals surface area contributed by atoms with Gasteiger partial charge in [0.25, 0.3) is 0 Å². The van der Waals surface area contributed by atoms with Gasteiger partial charge in [0.2, 0.25) is 0 Å². The second-order valence-electron chi connectivity index (χ2n) is 17.7. The van der Waals surface area contributed by atoms with Crippen LogP contribution in [-0.2, 0) is 65.5 Å². The van der Waals surface area contributed by atoms with Crippen molar-refractivity contribution in [1.29, 1.82) is 0 Å². The number of hydrogen-bond donors (Lipinski definition) is 19. The van der Waals surface area contributed by atoms with E-state index in [1.165, 1.54) is 34.8 Å². The molecule has 0 amide bonds. The van der Waals surface area contributed by atoms with Crippen LogP contribution in [0.15, 0.2) is 48.0 Å². The largest absolute Gasteiger partial charge is 0.480 e. The van der Waals surface area contributed by atoms with Gasteiger partial charge in [-0.25, -0.2) is 14.6 Å². The van der Waals surface area contributed by atoms with Gasteiger partial charge >= 0.3 is 53.7 Å². The van der Waals surface area contributed by atoms with Crippen molar-refractivity contribution >= 4 is 92.2 Å². The van der Waals surface area contributed by atoms with Gasteiger partial charge in [-0.05, 0) is 49.7 Å². The lowest BCUT2D eigenvalue weighted by atomic mass is 10.0. The molecule has 0 saturated carbocycles. The lowest BCUT2D eigenvalue weighted by Crippen LogP contribution is -2.45. The van der Waals surface area contributed by atoms with E-state index in [0.717, 1.165) is 22.9 Å². The number of nitrogens with zero attached hydrogens (tertiary/aromatic N) is 2. The number of esters is 3. The molecule has 0 aliphatic heterocycles. The monoisotopic (exact) mass is 1190 g/mol. The van der Waals surface area contributed by atoms with Crippen molar-refractivity contribution in [1.82, 2.24) is 15.0 Å². The first-order valence-electron chi connectivity index (χ1n) is 24.5. The van der Waals surface area contributed by atoms with Gasteiger partial charge in [0.05, 0.1) is 12.9 Å². The quantitative estimate of drug-likeness (QED) is 0.00873. The highest BCUT2D eigenvalue weighted by Gasteiger charge is 2.27. The number of fused-ring (bicyclic) bond motifs is 1. The molecule has 3 aromatic rings. The number of carbonyl (C=O) groups is 9. The molecule has 0 aliphatic rings. The number of nitrogens with two attached hydrogens (primary N) is 11. The molecule has 30 N–H and O–H groups in total. The van der Waals surface area contributed by atoms with Crippen molar-refractivity contribution in [2.45, 2.75) is 128 Å². The van der Waals surface area contributed by atoms with Crippen LogP contribution >= 0.6 is 21.6 Å². The first kappa shape index (κ1) is 78.2. The zero-order chi connectivity index (χ0) is 63.1. The number of hydrogen-bond acceptors (Lipinski definition) is 24. The van der Waals surface area contributed by atoms with Crippen molar-refractivity contribution in [3.8, 4) is 0 Å². The fourth-order valence-electron chi connectivity index (χ4n) is 5.26. The third kappa shape index (κ3) is 38.3. The molecule has 2 heterocycles. The average Bonchev–Trinajstić information content (AvgIpc) is 4.08. The van der Waals surface area contributed by atoms with E-state index in [4.69, 9.17) is 97.4 Å². The number of benzene rings is 1. The molecular formula is C47H83N15O17S2. The molecule has 81 heavy (non-hydrogen) atoms. The van der Waals surface area contributed by atoms with E-state index in [-0.39, 0.29) is 42.8 Å². The van der Waals surface area contributed by atoms with E-state index in [1.54, 1.807) is 12.4 Å². The molecule has 0 saturated heterocycles. The first-order chi connectivity index (χ1) is 37.6. The van der Waals surface area contributed by atoms with E-state index in [1.807, 2.05) is 52.0 Å². The molecule has 3 rings (SSSR count). The van der Waals surface area contributed by atoms with Crippen molar-refractivity contribution in [3.05, 3.63) is 54.2 Å². The highest BCUT2D eigenvalue weighted by molar-refractivity contribution is 8.76. The Morgan fingerprint density at radius 2 is 1.16 bits per heavy atom. The van der Waals surface area contributed by atoms with Gasteiger partial charge in [-0.15, -0.1) is 0 Å². The van der Waals surface area contributed by atoms with Crippen LogP contribution in [0.3, 0.4) is 0 Å². The van der Waals surface area contributed by atoms with E-state index in [2.05, 4.69) is 25.7 Å². The number of aromatic nitrogens is 3. The number of ether oxygens (including phenoxy) is 2. The Morgan fingerprint density at radius 3 is 1.59 bits per heavy atom. The van der Waals surface area contributed by atoms with E-state index in [0.29, 0.717) is 37.4 Å². The summed E-state index contributed by atoms with van der Waals surface area (Å²) in [7, 11) is 2.35. The number of para-hydroxylation sites is 1. The number of H-pyrrole nitrogens is 2. The summed E-state index contributed by atoms with van der Waals surface area (Å²) >= 11 is 0. The number of guanidine groups is 1. The molecule has 0 bridgehead atoms. The van der Waals surface area contributed by atoms with Crippen LogP contribution in [0.4, 0.5) is 0 Å². The lowest BCUT2D eigenvalue weighted by molar-refractivity contribution is -0.161. The maximum atomic E-state index is 12.1. The molecular weight excluding hydrogens is 1110 g/mol. The second kappa shape index (κ2) is 43.8. The SMILES string of the molecule is CC(C)C[C@H](N)C(=O)O.CC[C@H](C)[C@H](N)C(=O)O.C[C@@H](OC(=O)[C@@H](N)Cc1cnc[nH]1)[C@H](N)C(=O)O.NC(CSSC[C@H](N)C(=O)OC(=O)[C@@H](N)Cc1c[nH]c2ccccc12)C(=O)O.NC(N)=NCCC[C@H](N)C(=O)O.NCC(=O)O. The number of rotatable bonds is 28. The normalized spacial score (nSPS) is 14.1. The summed E-state index contributed by atoms with van der Waals surface area (Å²) in [6, 6.07) is 0.170. The number of aliphatic carboxylic acids is 6. The Bertz CT molecular complexity index is 2380. The first-order valence-corrected chi connectivity index (χ1v) is 27.0. The van der Waals surface area contributed by atoms with Crippen LogP contribution < -0.4 is 63.1 Å². The van der Waals surface area contributed by atoms with Gasteiger partial charge in [0.15, 0.2) is 5.96 Å². The fraction of sp³-hybridized carbons (Fsp3) is 0.553. The van der Waals surface area contributed by atoms with Crippen molar-refractivity contribution < 1.29 is 83.3 Å². The third-order valence-electron chi connectivity index (χ3n) is 10.3. The predicted molar refractivity (Wildman–Crippen MR) is 303 cm³/mol. The number of aromatic amines is 2. The Morgan fingerprint density at radius 1 is 0.654 bits per heavy atom. The number of carbonyl (C=O) groups excluding carboxylic acids is 3. The molecule has 1 unspecified atom stereocenters. The second-order valence-corrected chi connectivity index (χ2v) is 20.3. The number of aliphatic imine (C=N–C) groups is 1. The van der Waals surface area contributed by atoms with Crippen LogP contribution in [-0.4, -0.2) is 184 Å². The van der Waals surface area contributed by atoms with Gasteiger partial charge in [-0.3, -0.25) is 38.6 Å². The third-order valence-corrected chi connectivity index (χ3v) is 12.7. The average molecular weight is 1190 g/mol. The molecule has 0 radical (unpaired) electrons. The molecule has 0 spiro atoms. The highest BCUT2D eigenvalue weighted by Crippen LogP contribution is 2.23. The molecule has 32 nitrogen and oxygen atoms in total. The topological polar surface area (TPSA) is 637 Å². The summed E-state index contributed by atoms with van der Waals surface area (Å²) in [4.78, 5) is 110. The van der Waals surface area contributed by atoms with Crippen molar-refractivity contribution in [3.63, 3.8) is 0 Å². The van der Waals surface area contributed by atoms with Crippen molar-refractivity contribution in [2.75, 3.05) is 24.6 Å². The molecule has 34 heteroatoms. The summed E-state index contributed by atoms with van der Waals surface area (Å²) in [6.07, 6.45) is 6.59. The smallest absolute Gasteiger partial charge is 0.331 e. The van der Waals surface area contributed by atoms with E-state index in [9.17, 15) is 43.2 Å². The van der Waals surface area contributed by atoms with Gasteiger partial charge in [0.1, 0.15) is 54.4 Å². The number of carboxylic acids is 6. The minimum atomic E-state index is -1.27. The molecule has 1 aromatic carbocycles. The zero-order valence-corrected chi connectivity index (χ0v) is 47.3. The summed E-state index contributed by atoms with van der Waals surface area (Å²) in [5.41, 5.74) is 60.7. The minimum absolute atomic E-state index is 0.0129. The summed E-state index contributed by atoms with van der Waals surface area (Å²) in [6.45, 7) is 9.20. The summed E-state index contributed by atoms with van der Waals surface area (Å²) in [5.74, 6) is -7.82. The Balaban J connectivity index is -0.000000988. The van der Waals surface area contributed by atoms with Crippen LogP contribution in [0.2, 0.25) is 0 Å². The molecule has 460 valence electrons. The van der Waals surface area contributed by atoms with Gasteiger partial charge < -0.3 is 113 Å². The lowest BCUT2D eigenvalue weighted by Gasteiger charge is -2.19. The Labute approximate surface area is 475 Å². The molecule has 0 aliphatic carbocycles. The molecule has 2 aromatic heterocycles. The number of nitrogens with one attached hydrogen (secondary N) is 2. The maximum Gasteiger partial charge on any atom is 0.331 e. The van der Waals surface area contributed by atoms with Gasteiger partial charge in [-0.1, -0.05) is 73.9 Å². The number of carboxylic acid groups (broad SMARTS) is 6. The maximum absolute atomic E-state index is 12.1. The van der Waals surface area contributed by atoms with Crippen LogP contribution in [0.5, 0.6) is 0 Å². The highest BCUT2D eigenvalue weighted by atomic mass is 33.1.